The monoisotopic (exact) mass is 288 g/mol. The minimum atomic E-state index is -0.439. The van der Waals surface area contributed by atoms with Crippen molar-refractivity contribution >= 4 is 22.9 Å². The normalized spacial score (nSPS) is 12.1. The number of hydrogen-bond acceptors (Lipinski definition) is 3. The molecule has 3 N–H and O–H groups in total. The van der Waals surface area contributed by atoms with Crippen molar-refractivity contribution in [2.24, 2.45) is 5.73 Å². The Morgan fingerprint density at radius 2 is 2.10 bits per heavy atom. The minimum Gasteiger partial charge on any atom is -0.324 e. The van der Waals surface area contributed by atoms with Gasteiger partial charge in [-0.3, -0.25) is 4.79 Å². The van der Waals surface area contributed by atoms with E-state index in [9.17, 15) is 4.79 Å². The fourth-order valence-electron chi connectivity index (χ4n) is 2.02. The summed E-state index contributed by atoms with van der Waals surface area (Å²) in [7, 11) is 0. The summed E-state index contributed by atoms with van der Waals surface area (Å²) in [5.74, 6) is -0.109. The van der Waals surface area contributed by atoms with E-state index in [1.807, 2.05) is 41.8 Å². The van der Waals surface area contributed by atoms with Crippen LogP contribution < -0.4 is 11.1 Å². The summed E-state index contributed by atoms with van der Waals surface area (Å²) in [5, 5.41) is 4.98. The molecule has 2 rings (SSSR count). The molecule has 0 aliphatic carbocycles. The fourth-order valence-corrected chi connectivity index (χ4v) is 2.79. The Balaban J connectivity index is 2.12. The third-order valence-corrected chi connectivity index (χ3v) is 4.08. The Kier molecular flexibility index (Phi) is 5.32. The lowest BCUT2D eigenvalue weighted by Gasteiger charge is -2.14. The number of unbranched alkanes of at least 4 members (excludes halogenated alkanes) is 1. The summed E-state index contributed by atoms with van der Waals surface area (Å²) in [6.07, 6.45) is 2.75. The number of amides is 1. The van der Waals surface area contributed by atoms with Gasteiger partial charge in [-0.2, -0.15) is 0 Å². The van der Waals surface area contributed by atoms with Crippen molar-refractivity contribution < 1.29 is 4.79 Å². The van der Waals surface area contributed by atoms with Crippen LogP contribution in [0.4, 0.5) is 5.69 Å². The number of anilines is 1. The number of nitrogens with one attached hydrogen (secondary N) is 1. The van der Waals surface area contributed by atoms with Gasteiger partial charge in [0, 0.05) is 16.1 Å². The SMILES string of the molecule is CCCCC(N)C(=O)Nc1ccccc1-c1cccs1. The summed E-state index contributed by atoms with van der Waals surface area (Å²) in [4.78, 5) is 13.2. The highest BCUT2D eigenvalue weighted by molar-refractivity contribution is 7.13. The van der Waals surface area contributed by atoms with Gasteiger partial charge in [-0.05, 0) is 23.9 Å². The second-order valence-corrected chi connectivity index (χ2v) is 5.71. The Hall–Kier alpha value is -1.65. The highest BCUT2D eigenvalue weighted by Gasteiger charge is 2.15. The Bertz CT molecular complexity index is 551. The third kappa shape index (κ3) is 3.68. The van der Waals surface area contributed by atoms with E-state index in [-0.39, 0.29) is 5.91 Å². The number of benzene rings is 1. The van der Waals surface area contributed by atoms with Crippen LogP contribution in [0.1, 0.15) is 26.2 Å². The third-order valence-electron chi connectivity index (χ3n) is 3.18. The maximum absolute atomic E-state index is 12.1. The van der Waals surface area contributed by atoms with Crippen LogP contribution in [0.15, 0.2) is 41.8 Å². The molecule has 106 valence electrons. The summed E-state index contributed by atoms with van der Waals surface area (Å²) < 4.78 is 0. The van der Waals surface area contributed by atoms with E-state index in [1.165, 1.54) is 0 Å². The van der Waals surface area contributed by atoms with Crippen LogP contribution in [-0.2, 0) is 4.79 Å². The molecule has 0 aliphatic rings. The van der Waals surface area contributed by atoms with Gasteiger partial charge in [0.2, 0.25) is 5.91 Å². The molecule has 0 bridgehead atoms. The topological polar surface area (TPSA) is 55.1 Å². The smallest absolute Gasteiger partial charge is 0.241 e. The second-order valence-electron chi connectivity index (χ2n) is 4.76. The first-order valence-corrected chi connectivity index (χ1v) is 7.79. The number of carbonyl (C=O) groups excluding carboxylic acids is 1. The van der Waals surface area contributed by atoms with E-state index >= 15 is 0 Å². The van der Waals surface area contributed by atoms with E-state index in [0.717, 1.165) is 35.4 Å². The molecule has 1 aromatic heterocycles. The van der Waals surface area contributed by atoms with Crippen LogP contribution in [0.25, 0.3) is 10.4 Å². The molecular weight excluding hydrogens is 268 g/mol. The lowest BCUT2D eigenvalue weighted by Crippen LogP contribution is -2.35. The van der Waals surface area contributed by atoms with E-state index in [0.29, 0.717) is 0 Å². The van der Waals surface area contributed by atoms with Gasteiger partial charge in [-0.1, -0.05) is 44.0 Å². The van der Waals surface area contributed by atoms with Crippen molar-refractivity contribution in [3.05, 3.63) is 41.8 Å². The van der Waals surface area contributed by atoms with E-state index in [1.54, 1.807) is 11.3 Å². The Morgan fingerprint density at radius 1 is 1.30 bits per heavy atom. The van der Waals surface area contributed by atoms with E-state index < -0.39 is 6.04 Å². The first-order chi connectivity index (χ1) is 9.72. The van der Waals surface area contributed by atoms with Crippen LogP contribution in [-0.4, -0.2) is 11.9 Å². The standard InChI is InChI=1S/C16H20N2OS/c1-2-3-8-13(17)16(19)18-14-9-5-4-7-12(14)15-10-6-11-20-15/h4-7,9-11,13H,2-3,8,17H2,1H3,(H,18,19). The molecule has 1 amide bonds. The average Bonchev–Trinajstić information content (AvgIpc) is 2.99. The highest BCUT2D eigenvalue weighted by Crippen LogP contribution is 2.31. The predicted octanol–water partition coefficient (Wildman–Crippen LogP) is 3.87. The quantitative estimate of drug-likeness (QED) is 0.847. The van der Waals surface area contributed by atoms with Gasteiger partial charge in [0.05, 0.1) is 6.04 Å². The van der Waals surface area contributed by atoms with Gasteiger partial charge in [0.15, 0.2) is 0 Å². The van der Waals surface area contributed by atoms with E-state index in [2.05, 4.69) is 12.2 Å². The Labute approximate surface area is 123 Å². The lowest BCUT2D eigenvalue weighted by atomic mass is 10.1. The molecule has 0 spiro atoms. The molecule has 1 atom stereocenters. The van der Waals surface area contributed by atoms with Gasteiger partial charge in [0.1, 0.15) is 0 Å². The predicted molar refractivity (Wildman–Crippen MR) is 85.9 cm³/mol. The number of thiophene rings is 1. The van der Waals surface area contributed by atoms with Crippen LogP contribution >= 0.6 is 11.3 Å². The maximum Gasteiger partial charge on any atom is 0.241 e. The first-order valence-electron chi connectivity index (χ1n) is 6.91. The fraction of sp³-hybridized carbons (Fsp3) is 0.312. The lowest BCUT2D eigenvalue weighted by molar-refractivity contribution is -0.117. The maximum atomic E-state index is 12.1. The van der Waals surface area contributed by atoms with Gasteiger partial charge in [-0.15, -0.1) is 11.3 Å². The summed E-state index contributed by atoms with van der Waals surface area (Å²) >= 11 is 1.66. The molecule has 1 heterocycles. The largest absolute Gasteiger partial charge is 0.324 e. The average molecular weight is 288 g/mol. The molecule has 0 radical (unpaired) electrons. The van der Waals surface area contributed by atoms with E-state index in [4.69, 9.17) is 5.73 Å². The van der Waals surface area contributed by atoms with Crippen molar-refractivity contribution in [1.29, 1.82) is 0 Å². The molecule has 1 aromatic carbocycles. The number of nitrogens with two attached hydrogens (primary N) is 1. The zero-order valence-electron chi connectivity index (χ0n) is 11.6. The van der Waals surface area contributed by atoms with Crippen molar-refractivity contribution in [3.8, 4) is 10.4 Å². The summed E-state index contributed by atoms with van der Waals surface area (Å²) in [5.41, 5.74) is 7.78. The number of carbonyl (C=O) groups is 1. The van der Waals surface area contributed by atoms with Gasteiger partial charge in [0.25, 0.3) is 0 Å². The van der Waals surface area contributed by atoms with Gasteiger partial charge >= 0.3 is 0 Å². The van der Waals surface area contributed by atoms with Gasteiger partial charge in [-0.25, -0.2) is 0 Å². The molecule has 2 aromatic rings. The second kappa shape index (κ2) is 7.22. The molecule has 0 saturated carbocycles. The van der Waals surface area contributed by atoms with Crippen LogP contribution in [0.5, 0.6) is 0 Å². The van der Waals surface area contributed by atoms with Crippen molar-refractivity contribution in [1.82, 2.24) is 0 Å². The molecule has 3 nitrogen and oxygen atoms in total. The molecule has 0 saturated heterocycles. The zero-order chi connectivity index (χ0) is 14.4. The highest BCUT2D eigenvalue weighted by atomic mass is 32.1. The number of hydrogen-bond donors (Lipinski definition) is 2. The molecule has 1 unspecified atom stereocenters. The van der Waals surface area contributed by atoms with Crippen molar-refractivity contribution in [2.75, 3.05) is 5.32 Å². The summed E-state index contributed by atoms with van der Waals surface area (Å²) in [6.45, 7) is 2.09. The first kappa shape index (κ1) is 14.8. The number of rotatable bonds is 6. The molecule has 0 aliphatic heterocycles. The van der Waals surface area contributed by atoms with Crippen molar-refractivity contribution in [2.45, 2.75) is 32.2 Å². The van der Waals surface area contributed by atoms with Crippen LogP contribution in [0.3, 0.4) is 0 Å². The Morgan fingerprint density at radius 3 is 2.80 bits per heavy atom. The molecule has 0 fully saturated rings. The van der Waals surface area contributed by atoms with Gasteiger partial charge < -0.3 is 11.1 Å². The summed E-state index contributed by atoms with van der Waals surface area (Å²) in [6, 6.07) is 11.4. The number of para-hydroxylation sites is 1. The molecule has 20 heavy (non-hydrogen) atoms. The zero-order valence-corrected chi connectivity index (χ0v) is 12.5. The van der Waals surface area contributed by atoms with Crippen LogP contribution in [0, 0.1) is 0 Å². The minimum absolute atomic E-state index is 0.109. The van der Waals surface area contributed by atoms with Crippen LogP contribution in [0.2, 0.25) is 0 Å². The van der Waals surface area contributed by atoms with Crippen molar-refractivity contribution in [3.63, 3.8) is 0 Å². The molecular formula is C16H20N2OS. The molecule has 4 heteroatoms.